The van der Waals surface area contributed by atoms with E-state index in [9.17, 15) is 19.5 Å². The van der Waals surface area contributed by atoms with Gasteiger partial charge in [0.2, 0.25) is 11.8 Å². The monoisotopic (exact) mass is 296 g/mol. The lowest BCUT2D eigenvalue weighted by atomic mass is 9.94. The number of carboxylic acid groups (broad SMARTS) is 1. The number of hydrogen-bond donors (Lipinski definition) is 2. The summed E-state index contributed by atoms with van der Waals surface area (Å²) in [5.74, 6) is -1.63. The molecule has 1 saturated heterocycles. The maximum atomic E-state index is 12.4. The van der Waals surface area contributed by atoms with Gasteiger partial charge in [-0.25, -0.2) is 0 Å². The Balaban J connectivity index is 1.95. The predicted molar refractivity (Wildman–Crippen MR) is 76.4 cm³/mol. The molecule has 0 aromatic heterocycles. The highest BCUT2D eigenvalue weighted by Crippen LogP contribution is 2.38. The molecule has 1 heterocycles. The van der Waals surface area contributed by atoms with Gasteiger partial charge in [-0.3, -0.25) is 14.4 Å². The van der Waals surface area contributed by atoms with Crippen molar-refractivity contribution in [2.75, 3.05) is 13.6 Å². The first kappa shape index (κ1) is 15.8. The molecule has 21 heavy (non-hydrogen) atoms. The van der Waals surface area contributed by atoms with Crippen LogP contribution in [0.25, 0.3) is 0 Å². The van der Waals surface area contributed by atoms with Gasteiger partial charge in [0.15, 0.2) is 0 Å². The minimum atomic E-state index is -0.873. The third-order valence-electron chi connectivity index (χ3n) is 4.86. The molecule has 1 saturated carbocycles. The zero-order valence-corrected chi connectivity index (χ0v) is 12.7. The Bertz CT molecular complexity index is 437. The van der Waals surface area contributed by atoms with Gasteiger partial charge < -0.3 is 15.3 Å². The second-order valence-corrected chi connectivity index (χ2v) is 6.32. The van der Waals surface area contributed by atoms with E-state index in [-0.39, 0.29) is 17.9 Å². The number of carboxylic acids is 1. The molecule has 6 nitrogen and oxygen atoms in total. The highest BCUT2D eigenvalue weighted by molar-refractivity contribution is 5.86. The zero-order chi connectivity index (χ0) is 15.6. The van der Waals surface area contributed by atoms with E-state index in [4.69, 9.17) is 0 Å². The topological polar surface area (TPSA) is 86.7 Å². The molecule has 2 aliphatic rings. The highest BCUT2D eigenvalue weighted by Gasteiger charge is 2.42. The van der Waals surface area contributed by atoms with E-state index in [2.05, 4.69) is 5.32 Å². The molecule has 1 aliphatic heterocycles. The SMILES string of the molecule is CCC1CC(C(=O)O)C(C(=O)NC2CCC(=O)N(C)C2)C1. The largest absolute Gasteiger partial charge is 0.481 e. The van der Waals surface area contributed by atoms with E-state index in [1.165, 1.54) is 0 Å². The molecule has 0 bridgehead atoms. The van der Waals surface area contributed by atoms with E-state index in [0.29, 0.717) is 38.1 Å². The Labute approximate surface area is 124 Å². The number of piperidine rings is 1. The fraction of sp³-hybridized carbons (Fsp3) is 0.800. The van der Waals surface area contributed by atoms with Crippen molar-refractivity contribution in [1.29, 1.82) is 0 Å². The molecule has 118 valence electrons. The molecule has 0 spiro atoms. The molecule has 2 rings (SSSR count). The number of likely N-dealkylation sites (tertiary alicyclic amines) is 1. The van der Waals surface area contributed by atoms with Crippen molar-refractivity contribution in [3.63, 3.8) is 0 Å². The normalized spacial score (nSPS) is 33.0. The fourth-order valence-electron chi connectivity index (χ4n) is 3.48. The summed E-state index contributed by atoms with van der Waals surface area (Å²) in [6.07, 6.45) is 3.23. The van der Waals surface area contributed by atoms with Crippen molar-refractivity contribution in [1.82, 2.24) is 10.2 Å². The van der Waals surface area contributed by atoms with Crippen molar-refractivity contribution in [2.24, 2.45) is 17.8 Å². The van der Waals surface area contributed by atoms with Crippen molar-refractivity contribution in [3.05, 3.63) is 0 Å². The standard InChI is InChI=1S/C15H24N2O4/c1-3-9-6-11(12(7-9)15(20)21)14(19)16-10-4-5-13(18)17(2)8-10/h9-12H,3-8H2,1-2H3,(H,16,19)(H,20,21). The van der Waals surface area contributed by atoms with E-state index >= 15 is 0 Å². The van der Waals surface area contributed by atoms with Crippen LogP contribution in [0.1, 0.15) is 39.0 Å². The lowest BCUT2D eigenvalue weighted by Crippen LogP contribution is -2.50. The summed E-state index contributed by atoms with van der Waals surface area (Å²) in [6.45, 7) is 2.54. The molecular formula is C15H24N2O4. The second-order valence-electron chi connectivity index (χ2n) is 6.32. The van der Waals surface area contributed by atoms with Gasteiger partial charge in [0, 0.05) is 26.1 Å². The average molecular weight is 296 g/mol. The maximum absolute atomic E-state index is 12.4. The number of nitrogens with one attached hydrogen (secondary N) is 1. The van der Waals surface area contributed by atoms with Crippen LogP contribution in [0, 0.1) is 17.8 Å². The number of nitrogens with zero attached hydrogens (tertiary/aromatic N) is 1. The van der Waals surface area contributed by atoms with Gasteiger partial charge in [-0.2, -0.15) is 0 Å². The third kappa shape index (κ3) is 3.54. The molecule has 2 N–H and O–H groups in total. The van der Waals surface area contributed by atoms with Crippen LogP contribution >= 0.6 is 0 Å². The van der Waals surface area contributed by atoms with Gasteiger partial charge in [-0.15, -0.1) is 0 Å². The number of rotatable bonds is 4. The molecule has 1 aliphatic carbocycles. The lowest BCUT2D eigenvalue weighted by Gasteiger charge is -2.31. The number of carbonyl (C=O) groups is 3. The van der Waals surface area contributed by atoms with Gasteiger partial charge in [-0.1, -0.05) is 13.3 Å². The number of likely N-dealkylation sites (N-methyl/N-ethyl adjacent to an activating group) is 1. The number of aliphatic carboxylic acids is 1. The molecule has 0 aromatic rings. The third-order valence-corrected chi connectivity index (χ3v) is 4.86. The van der Waals surface area contributed by atoms with E-state index in [1.54, 1.807) is 11.9 Å². The summed E-state index contributed by atoms with van der Waals surface area (Å²) < 4.78 is 0. The van der Waals surface area contributed by atoms with Gasteiger partial charge in [-0.05, 0) is 25.2 Å². The fourth-order valence-corrected chi connectivity index (χ4v) is 3.48. The summed E-state index contributed by atoms with van der Waals surface area (Å²) in [5.41, 5.74) is 0. The van der Waals surface area contributed by atoms with Crippen LogP contribution in [-0.2, 0) is 14.4 Å². The second kappa shape index (κ2) is 6.45. The Morgan fingerprint density at radius 3 is 2.57 bits per heavy atom. The van der Waals surface area contributed by atoms with Gasteiger partial charge >= 0.3 is 5.97 Å². The first-order valence-corrected chi connectivity index (χ1v) is 7.69. The van der Waals surface area contributed by atoms with Crippen LogP contribution in [0.4, 0.5) is 0 Å². The van der Waals surface area contributed by atoms with Crippen molar-refractivity contribution in [3.8, 4) is 0 Å². The molecule has 4 atom stereocenters. The molecule has 4 unspecified atom stereocenters. The Hall–Kier alpha value is -1.59. The molecule has 0 aromatic carbocycles. The van der Waals surface area contributed by atoms with Crippen molar-refractivity contribution < 1.29 is 19.5 Å². The van der Waals surface area contributed by atoms with Crippen molar-refractivity contribution >= 4 is 17.8 Å². The van der Waals surface area contributed by atoms with Crippen LogP contribution in [0.15, 0.2) is 0 Å². The molecule has 2 fully saturated rings. The quantitative estimate of drug-likeness (QED) is 0.805. The van der Waals surface area contributed by atoms with E-state index in [0.717, 1.165) is 6.42 Å². The minimum Gasteiger partial charge on any atom is -0.481 e. The maximum Gasteiger partial charge on any atom is 0.307 e. The van der Waals surface area contributed by atoms with Gasteiger partial charge in [0.25, 0.3) is 0 Å². The van der Waals surface area contributed by atoms with E-state index in [1.807, 2.05) is 6.92 Å². The summed E-state index contributed by atoms with van der Waals surface area (Å²) in [6, 6.07) is -0.0599. The Morgan fingerprint density at radius 2 is 2.00 bits per heavy atom. The van der Waals surface area contributed by atoms with Gasteiger partial charge in [0.05, 0.1) is 11.8 Å². The molecular weight excluding hydrogens is 272 g/mol. The predicted octanol–water partition coefficient (Wildman–Crippen LogP) is 0.860. The van der Waals surface area contributed by atoms with E-state index < -0.39 is 17.8 Å². The summed E-state index contributed by atoms with van der Waals surface area (Å²) in [4.78, 5) is 36.8. The van der Waals surface area contributed by atoms with Crippen LogP contribution < -0.4 is 5.32 Å². The lowest BCUT2D eigenvalue weighted by molar-refractivity contribution is -0.146. The van der Waals surface area contributed by atoms with Crippen LogP contribution in [0.5, 0.6) is 0 Å². The summed E-state index contributed by atoms with van der Waals surface area (Å²) in [5, 5.41) is 12.2. The Kier molecular flexibility index (Phi) is 4.85. The number of hydrogen-bond acceptors (Lipinski definition) is 3. The van der Waals surface area contributed by atoms with Crippen LogP contribution in [-0.4, -0.2) is 47.4 Å². The summed E-state index contributed by atoms with van der Waals surface area (Å²) in [7, 11) is 1.73. The number of carbonyl (C=O) groups excluding carboxylic acids is 2. The Morgan fingerprint density at radius 1 is 1.33 bits per heavy atom. The smallest absolute Gasteiger partial charge is 0.307 e. The van der Waals surface area contributed by atoms with Crippen LogP contribution in [0.2, 0.25) is 0 Å². The summed E-state index contributed by atoms with van der Waals surface area (Å²) >= 11 is 0. The average Bonchev–Trinajstić information content (AvgIpc) is 2.87. The molecule has 0 radical (unpaired) electrons. The molecule has 2 amide bonds. The van der Waals surface area contributed by atoms with Gasteiger partial charge in [0.1, 0.15) is 0 Å². The molecule has 6 heteroatoms. The number of amides is 2. The van der Waals surface area contributed by atoms with Crippen LogP contribution in [0.3, 0.4) is 0 Å². The zero-order valence-electron chi connectivity index (χ0n) is 12.7. The minimum absolute atomic E-state index is 0.0599. The van der Waals surface area contributed by atoms with Crippen molar-refractivity contribution in [2.45, 2.75) is 45.1 Å². The first-order valence-electron chi connectivity index (χ1n) is 7.69. The highest BCUT2D eigenvalue weighted by atomic mass is 16.4. The first-order chi connectivity index (χ1) is 9.92.